The molecule has 1 aliphatic carbocycles. The van der Waals surface area contributed by atoms with Crippen molar-refractivity contribution in [2.24, 2.45) is 4.99 Å². The molecule has 0 aromatic heterocycles. The van der Waals surface area contributed by atoms with Crippen molar-refractivity contribution in [3.63, 3.8) is 0 Å². The highest BCUT2D eigenvalue weighted by Gasteiger charge is 2.45. The van der Waals surface area contributed by atoms with Gasteiger partial charge in [-0.05, 0) is 46.5 Å². The normalized spacial score (nSPS) is 17.0. The SMILES string of the molecule is O=C=NC1(c2cc(F)c(F)c(Br)c2)CC1. The third kappa shape index (κ3) is 1.73. The van der Waals surface area contributed by atoms with Crippen molar-refractivity contribution in [2.75, 3.05) is 0 Å². The van der Waals surface area contributed by atoms with E-state index in [1.807, 2.05) is 0 Å². The summed E-state index contributed by atoms with van der Waals surface area (Å²) in [7, 11) is 0. The molecule has 1 aromatic rings. The first-order valence-corrected chi connectivity index (χ1v) is 5.12. The van der Waals surface area contributed by atoms with Gasteiger partial charge in [-0.3, -0.25) is 0 Å². The molecule has 0 bridgehead atoms. The Kier molecular flexibility index (Phi) is 2.44. The molecule has 5 heteroatoms. The molecular formula is C10H6BrF2NO. The average molecular weight is 274 g/mol. The number of rotatable bonds is 2. The maximum Gasteiger partial charge on any atom is 0.235 e. The molecule has 0 spiro atoms. The van der Waals surface area contributed by atoms with Gasteiger partial charge in [0.25, 0.3) is 0 Å². The number of nitrogens with zero attached hydrogens (tertiary/aromatic N) is 1. The fraction of sp³-hybridized carbons (Fsp3) is 0.300. The molecule has 0 saturated heterocycles. The van der Waals surface area contributed by atoms with Crippen LogP contribution in [0.4, 0.5) is 8.78 Å². The van der Waals surface area contributed by atoms with Crippen molar-refractivity contribution in [1.82, 2.24) is 0 Å². The van der Waals surface area contributed by atoms with Crippen molar-refractivity contribution >= 4 is 22.0 Å². The lowest BCUT2D eigenvalue weighted by Crippen LogP contribution is -2.04. The van der Waals surface area contributed by atoms with Crippen molar-refractivity contribution in [1.29, 1.82) is 0 Å². The monoisotopic (exact) mass is 273 g/mol. The second-order valence-electron chi connectivity index (χ2n) is 3.49. The third-order valence-electron chi connectivity index (χ3n) is 2.50. The smallest absolute Gasteiger partial charge is 0.211 e. The standard InChI is InChI=1S/C10H6BrF2NO/c11-7-3-6(4-8(12)9(7)13)10(1-2-10)14-5-15/h3-4H,1-2H2. The van der Waals surface area contributed by atoms with E-state index in [0.29, 0.717) is 18.4 Å². The number of isocyanates is 1. The van der Waals surface area contributed by atoms with E-state index in [1.165, 1.54) is 12.1 Å². The van der Waals surface area contributed by atoms with Gasteiger partial charge in [-0.2, -0.15) is 4.99 Å². The topological polar surface area (TPSA) is 29.4 Å². The van der Waals surface area contributed by atoms with Crippen LogP contribution in [-0.4, -0.2) is 6.08 Å². The number of halogens is 3. The number of carbonyl (C=O) groups excluding carboxylic acids is 1. The fourth-order valence-corrected chi connectivity index (χ4v) is 1.93. The summed E-state index contributed by atoms with van der Waals surface area (Å²) in [5.41, 5.74) is -0.157. The number of hydrogen-bond acceptors (Lipinski definition) is 2. The van der Waals surface area contributed by atoms with Gasteiger partial charge in [-0.15, -0.1) is 0 Å². The van der Waals surface area contributed by atoms with E-state index in [0.717, 1.165) is 6.07 Å². The van der Waals surface area contributed by atoms with E-state index >= 15 is 0 Å². The summed E-state index contributed by atoms with van der Waals surface area (Å²) in [5.74, 6) is -1.86. The fourth-order valence-electron chi connectivity index (χ4n) is 1.49. The predicted octanol–water partition coefficient (Wildman–Crippen LogP) is 3.05. The molecule has 0 heterocycles. The van der Waals surface area contributed by atoms with Gasteiger partial charge in [0, 0.05) is 0 Å². The lowest BCUT2D eigenvalue weighted by Gasteiger charge is -2.09. The maximum absolute atomic E-state index is 13.1. The van der Waals surface area contributed by atoms with E-state index in [-0.39, 0.29) is 4.47 Å². The summed E-state index contributed by atoms with van der Waals surface area (Å²) in [4.78, 5) is 13.8. The van der Waals surface area contributed by atoms with Crippen LogP contribution in [0.2, 0.25) is 0 Å². The molecule has 2 nitrogen and oxygen atoms in total. The number of aliphatic imine (C=N–C) groups is 1. The highest BCUT2D eigenvalue weighted by molar-refractivity contribution is 9.10. The minimum Gasteiger partial charge on any atom is -0.211 e. The molecule has 0 N–H and O–H groups in total. The molecule has 0 radical (unpaired) electrons. The van der Waals surface area contributed by atoms with Gasteiger partial charge in [-0.1, -0.05) is 0 Å². The Balaban J connectivity index is 2.51. The summed E-state index contributed by atoms with van der Waals surface area (Å²) in [6, 6.07) is 2.53. The zero-order valence-corrected chi connectivity index (χ0v) is 9.14. The van der Waals surface area contributed by atoms with Gasteiger partial charge in [0.2, 0.25) is 6.08 Å². The molecule has 78 valence electrons. The van der Waals surface area contributed by atoms with Gasteiger partial charge in [0.1, 0.15) is 0 Å². The van der Waals surface area contributed by atoms with Crippen LogP contribution in [-0.2, 0) is 10.3 Å². The Hall–Kier alpha value is -1.06. The first kappa shape index (κ1) is 10.5. The lowest BCUT2D eigenvalue weighted by atomic mass is 10.1. The zero-order chi connectivity index (χ0) is 11.1. The van der Waals surface area contributed by atoms with E-state index in [9.17, 15) is 13.6 Å². The van der Waals surface area contributed by atoms with Crippen LogP contribution in [0.3, 0.4) is 0 Å². The van der Waals surface area contributed by atoms with Gasteiger partial charge in [-0.25, -0.2) is 13.6 Å². The van der Waals surface area contributed by atoms with Gasteiger partial charge in [0.15, 0.2) is 11.6 Å². The lowest BCUT2D eigenvalue weighted by molar-refractivity contribution is 0.499. The van der Waals surface area contributed by atoms with Gasteiger partial charge >= 0.3 is 0 Å². The van der Waals surface area contributed by atoms with Crippen molar-refractivity contribution in [2.45, 2.75) is 18.4 Å². The third-order valence-corrected chi connectivity index (χ3v) is 3.08. The van der Waals surface area contributed by atoms with Crippen LogP contribution in [0.1, 0.15) is 18.4 Å². The molecule has 1 saturated carbocycles. The van der Waals surface area contributed by atoms with E-state index in [4.69, 9.17) is 0 Å². The highest BCUT2D eigenvalue weighted by Crippen LogP contribution is 2.50. The van der Waals surface area contributed by atoms with E-state index in [1.54, 1.807) is 0 Å². The molecule has 15 heavy (non-hydrogen) atoms. The Morgan fingerprint density at radius 3 is 2.53 bits per heavy atom. The van der Waals surface area contributed by atoms with E-state index in [2.05, 4.69) is 20.9 Å². The Morgan fingerprint density at radius 1 is 1.40 bits per heavy atom. The molecule has 0 unspecified atom stereocenters. The Bertz CT molecular complexity index is 441. The minimum absolute atomic E-state index is 0.0462. The van der Waals surface area contributed by atoms with Crippen LogP contribution in [0, 0.1) is 11.6 Å². The molecule has 1 fully saturated rings. The average Bonchev–Trinajstić information content (AvgIpc) is 2.95. The molecule has 1 aromatic carbocycles. The summed E-state index contributed by atoms with van der Waals surface area (Å²) in [6.45, 7) is 0. The van der Waals surface area contributed by atoms with Crippen LogP contribution in [0.15, 0.2) is 21.6 Å². The van der Waals surface area contributed by atoms with Gasteiger partial charge in [0.05, 0.1) is 10.0 Å². The molecular weight excluding hydrogens is 268 g/mol. The molecule has 2 rings (SSSR count). The first-order chi connectivity index (χ1) is 7.09. The minimum atomic E-state index is -0.938. The van der Waals surface area contributed by atoms with Crippen molar-refractivity contribution < 1.29 is 13.6 Å². The van der Waals surface area contributed by atoms with Crippen LogP contribution < -0.4 is 0 Å². The van der Waals surface area contributed by atoms with Crippen LogP contribution in [0.5, 0.6) is 0 Å². The quantitative estimate of drug-likeness (QED) is 0.463. The summed E-state index contributed by atoms with van der Waals surface area (Å²) < 4.78 is 26.1. The zero-order valence-electron chi connectivity index (χ0n) is 7.56. The highest BCUT2D eigenvalue weighted by atomic mass is 79.9. The second-order valence-corrected chi connectivity index (χ2v) is 4.34. The van der Waals surface area contributed by atoms with Crippen LogP contribution >= 0.6 is 15.9 Å². The summed E-state index contributed by atoms with van der Waals surface area (Å²) in [6.07, 6.45) is 2.80. The van der Waals surface area contributed by atoms with Crippen molar-refractivity contribution in [3.05, 3.63) is 33.8 Å². The Morgan fingerprint density at radius 2 is 2.07 bits per heavy atom. The summed E-state index contributed by atoms with van der Waals surface area (Å²) in [5, 5.41) is 0. The largest absolute Gasteiger partial charge is 0.235 e. The molecule has 0 amide bonds. The molecule has 0 aliphatic heterocycles. The predicted molar refractivity (Wildman–Crippen MR) is 53.1 cm³/mol. The maximum atomic E-state index is 13.1. The van der Waals surface area contributed by atoms with Crippen molar-refractivity contribution in [3.8, 4) is 0 Å². The first-order valence-electron chi connectivity index (χ1n) is 4.33. The Labute approximate surface area is 93.1 Å². The molecule has 1 aliphatic rings. The second kappa shape index (κ2) is 3.51. The summed E-state index contributed by atoms with van der Waals surface area (Å²) >= 11 is 2.91. The van der Waals surface area contributed by atoms with Gasteiger partial charge < -0.3 is 0 Å². The van der Waals surface area contributed by atoms with Crippen LogP contribution in [0.25, 0.3) is 0 Å². The number of hydrogen-bond donors (Lipinski definition) is 0. The van der Waals surface area contributed by atoms with E-state index < -0.39 is 17.2 Å². The molecule has 0 atom stereocenters. The number of benzene rings is 1.